The van der Waals surface area contributed by atoms with Crippen molar-refractivity contribution < 1.29 is 12.8 Å². The number of fused-ring (bicyclic) bond motifs is 1. The Morgan fingerprint density at radius 3 is 2.62 bits per heavy atom. The number of thiazole rings is 1. The lowest BCUT2D eigenvalue weighted by Crippen LogP contribution is -2.30. The largest absolute Gasteiger partial charge is 0.243 e. The van der Waals surface area contributed by atoms with Crippen LogP contribution in [0.1, 0.15) is 23.9 Å². The minimum Gasteiger partial charge on any atom is -0.239 e. The highest BCUT2D eigenvalue weighted by Gasteiger charge is 2.37. The molecule has 4 rings (SSSR count). The molecule has 1 atom stereocenters. The van der Waals surface area contributed by atoms with Crippen LogP contribution < -0.4 is 0 Å². The highest BCUT2D eigenvalue weighted by Crippen LogP contribution is 2.39. The van der Waals surface area contributed by atoms with E-state index < -0.39 is 15.8 Å². The van der Waals surface area contributed by atoms with Gasteiger partial charge in [0.25, 0.3) is 0 Å². The Kier molecular flexibility index (Phi) is 3.86. The third kappa shape index (κ3) is 2.62. The van der Waals surface area contributed by atoms with Crippen LogP contribution >= 0.6 is 11.3 Å². The van der Waals surface area contributed by atoms with Gasteiger partial charge >= 0.3 is 0 Å². The molecule has 1 aromatic heterocycles. The molecule has 0 saturated carbocycles. The van der Waals surface area contributed by atoms with E-state index in [9.17, 15) is 12.8 Å². The first kappa shape index (κ1) is 15.7. The van der Waals surface area contributed by atoms with Crippen LogP contribution in [-0.2, 0) is 10.0 Å². The summed E-state index contributed by atoms with van der Waals surface area (Å²) >= 11 is 1.53. The first-order valence-corrected chi connectivity index (χ1v) is 9.94. The second-order valence-electron chi connectivity index (χ2n) is 5.75. The van der Waals surface area contributed by atoms with Gasteiger partial charge in [0, 0.05) is 6.54 Å². The Bertz CT molecular complexity index is 950. The van der Waals surface area contributed by atoms with Crippen molar-refractivity contribution in [2.45, 2.75) is 23.8 Å². The third-order valence-electron chi connectivity index (χ3n) is 4.22. The number of nitrogens with zero attached hydrogens (tertiary/aromatic N) is 2. The summed E-state index contributed by atoms with van der Waals surface area (Å²) in [6.45, 7) is 0.459. The molecule has 3 aromatic rings. The first-order chi connectivity index (χ1) is 11.6. The van der Waals surface area contributed by atoms with Crippen LogP contribution in [0.3, 0.4) is 0 Å². The van der Waals surface area contributed by atoms with E-state index in [2.05, 4.69) is 4.98 Å². The quantitative estimate of drug-likeness (QED) is 0.709. The van der Waals surface area contributed by atoms with Gasteiger partial charge in [0.05, 0.1) is 21.2 Å². The Morgan fingerprint density at radius 2 is 1.88 bits per heavy atom. The number of rotatable bonds is 3. The number of halogens is 1. The topological polar surface area (TPSA) is 50.3 Å². The van der Waals surface area contributed by atoms with Gasteiger partial charge in [-0.3, -0.25) is 0 Å². The molecule has 0 amide bonds. The summed E-state index contributed by atoms with van der Waals surface area (Å²) in [7, 11) is -3.66. The van der Waals surface area contributed by atoms with Crippen molar-refractivity contribution in [2.75, 3.05) is 6.54 Å². The average Bonchev–Trinajstić information content (AvgIpc) is 3.22. The van der Waals surface area contributed by atoms with Gasteiger partial charge in [-0.05, 0) is 49.2 Å². The second-order valence-corrected chi connectivity index (χ2v) is 8.70. The number of hydrogen-bond acceptors (Lipinski definition) is 4. The van der Waals surface area contributed by atoms with Gasteiger partial charge in [-0.1, -0.05) is 12.1 Å². The van der Waals surface area contributed by atoms with Crippen molar-refractivity contribution in [1.29, 1.82) is 0 Å². The number of aromatic nitrogens is 1. The predicted molar refractivity (Wildman–Crippen MR) is 91.9 cm³/mol. The van der Waals surface area contributed by atoms with E-state index in [-0.39, 0.29) is 10.9 Å². The lowest BCUT2D eigenvalue weighted by atomic mass is 10.2. The summed E-state index contributed by atoms with van der Waals surface area (Å²) < 4.78 is 41.5. The van der Waals surface area contributed by atoms with Crippen LogP contribution in [0, 0.1) is 5.82 Å². The van der Waals surface area contributed by atoms with Gasteiger partial charge in [-0.25, -0.2) is 17.8 Å². The normalized spacial score (nSPS) is 19.1. The van der Waals surface area contributed by atoms with Crippen LogP contribution in [-0.4, -0.2) is 24.3 Å². The van der Waals surface area contributed by atoms with Gasteiger partial charge in [-0.15, -0.1) is 11.3 Å². The maximum atomic E-state index is 13.1. The summed E-state index contributed by atoms with van der Waals surface area (Å²) in [5, 5.41) is 0.819. The van der Waals surface area contributed by atoms with E-state index in [1.807, 2.05) is 24.3 Å². The minimum atomic E-state index is -3.66. The molecule has 24 heavy (non-hydrogen) atoms. The standard InChI is InChI=1S/C17H15FN2O2S2/c18-12-7-9-13(10-8-12)24(21,22)20-11-3-5-15(20)17-19-14-4-1-2-6-16(14)23-17/h1-2,4,6-10,15H,3,5,11H2/t15-/m1/s1. The zero-order chi connectivity index (χ0) is 16.7. The number of benzene rings is 2. The molecule has 2 aromatic carbocycles. The van der Waals surface area contributed by atoms with Gasteiger partial charge in [0.2, 0.25) is 10.0 Å². The summed E-state index contributed by atoms with van der Waals surface area (Å²) in [4.78, 5) is 4.74. The zero-order valence-corrected chi connectivity index (χ0v) is 14.4. The summed E-state index contributed by atoms with van der Waals surface area (Å²) in [6, 6.07) is 12.5. The molecule has 0 bridgehead atoms. The van der Waals surface area contributed by atoms with Gasteiger partial charge < -0.3 is 0 Å². The Balaban J connectivity index is 1.73. The van der Waals surface area contributed by atoms with Crippen LogP contribution in [0.5, 0.6) is 0 Å². The van der Waals surface area contributed by atoms with Gasteiger partial charge in [0.1, 0.15) is 10.8 Å². The second kappa shape index (κ2) is 5.91. The zero-order valence-electron chi connectivity index (χ0n) is 12.7. The predicted octanol–water partition coefficient (Wildman–Crippen LogP) is 3.96. The Hall–Kier alpha value is -1.83. The molecule has 124 valence electrons. The Morgan fingerprint density at radius 1 is 1.12 bits per heavy atom. The fourth-order valence-corrected chi connectivity index (χ4v) is 5.89. The molecule has 0 spiro atoms. The first-order valence-electron chi connectivity index (χ1n) is 7.68. The molecular weight excluding hydrogens is 347 g/mol. The van der Waals surface area contributed by atoms with E-state index in [0.29, 0.717) is 6.54 Å². The summed E-state index contributed by atoms with van der Waals surface area (Å²) in [5.74, 6) is -0.446. The van der Waals surface area contributed by atoms with Gasteiger partial charge in [-0.2, -0.15) is 4.31 Å². The molecule has 1 fully saturated rings. The average molecular weight is 362 g/mol. The Labute approximate surface area is 143 Å². The van der Waals surface area contributed by atoms with E-state index in [0.717, 1.165) is 28.1 Å². The molecular formula is C17H15FN2O2S2. The van der Waals surface area contributed by atoms with Crippen molar-refractivity contribution in [3.05, 3.63) is 59.4 Å². The molecule has 4 nitrogen and oxygen atoms in total. The molecule has 7 heteroatoms. The number of hydrogen-bond donors (Lipinski definition) is 0. The van der Waals surface area contributed by atoms with E-state index in [4.69, 9.17) is 0 Å². The van der Waals surface area contributed by atoms with Crippen LogP contribution in [0.15, 0.2) is 53.4 Å². The summed E-state index contributed by atoms with van der Waals surface area (Å²) in [6.07, 6.45) is 1.54. The number of para-hydroxylation sites is 1. The highest BCUT2D eigenvalue weighted by molar-refractivity contribution is 7.89. The highest BCUT2D eigenvalue weighted by atomic mass is 32.2. The molecule has 0 aliphatic carbocycles. The van der Waals surface area contributed by atoms with Gasteiger partial charge in [0.15, 0.2) is 0 Å². The SMILES string of the molecule is O=S(=O)(c1ccc(F)cc1)N1CCC[C@@H]1c1nc2ccccc2s1. The van der Waals surface area contributed by atoms with E-state index in [1.165, 1.54) is 39.9 Å². The maximum Gasteiger partial charge on any atom is 0.243 e. The van der Waals surface area contributed by atoms with Crippen LogP contribution in [0.25, 0.3) is 10.2 Å². The molecule has 1 aliphatic heterocycles. The number of sulfonamides is 1. The monoisotopic (exact) mass is 362 g/mol. The van der Waals surface area contributed by atoms with Crippen molar-refractivity contribution in [2.24, 2.45) is 0 Å². The summed E-state index contributed by atoms with van der Waals surface area (Å²) in [5.41, 5.74) is 0.892. The fraction of sp³-hybridized carbons (Fsp3) is 0.235. The maximum absolute atomic E-state index is 13.1. The molecule has 0 radical (unpaired) electrons. The fourth-order valence-electron chi connectivity index (χ4n) is 3.05. The van der Waals surface area contributed by atoms with E-state index in [1.54, 1.807) is 0 Å². The molecule has 2 heterocycles. The molecule has 0 unspecified atom stereocenters. The molecule has 0 N–H and O–H groups in total. The van der Waals surface area contributed by atoms with Crippen LogP contribution in [0.2, 0.25) is 0 Å². The van der Waals surface area contributed by atoms with Crippen molar-refractivity contribution >= 4 is 31.6 Å². The smallest absolute Gasteiger partial charge is 0.239 e. The lowest BCUT2D eigenvalue weighted by molar-refractivity contribution is 0.396. The molecule has 1 saturated heterocycles. The third-order valence-corrected chi connectivity index (χ3v) is 7.28. The minimum absolute atomic E-state index is 0.122. The van der Waals surface area contributed by atoms with Crippen LogP contribution in [0.4, 0.5) is 4.39 Å². The van der Waals surface area contributed by atoms with Crippen molar-refractivity contribution in [3.8, 4) is 0 Å². The van der Waals surface area contributed by atoms with E-state index >= 15 is 0 Å². The van der Waals surface area contributed by atoms with Crippen molar-refractivity contribution in [3.63, 3.8) is 0 Å². The lowest BCUT2D eigenvalue weighted by Gasteiger charge is -2.22. The molecule has 1 aliphatic rings. The van der Waals surface area contributed by atoms with Crippen molar-refractivity contribution in [1.82, 2.24) is 9.29 Å².